The minimum absolute atomic E-state index is 0.268. The van der Waals surface area contributed by atoms with E-state index in [-0.39, 0.29) is 11.8 Å². The van der Waals surface area contributed by atoms with Crippen molar-refractivity contribution in [2.45, 2.75) is 0 Å². The molecule has 0 atom stereocenters. The largest absolute Gasteiger partial charge is 0.492 e. The van der Waals surface area contributed by atoms with Crippen molar-refractivity contribution in [2.24, 2.45) is 0 Å². The molecule has 0 saturated carbocycles. The zero-order valence-electron chi connectivity index (χ0n) is 13.3. The van der Waals surface area contributed by atoms with Gasteiger partial charge >= 0.3 is 0 Å². The number of hydrogen-bond acceptors (Lipinski definition) is 5. The molecule has 2 aromatic rings. The van der Waals surface area contributed by atoms with E-state index in [1.165, 1.54) is 0 Å². The molecule has 1 N–H and O–H groups in total. The van der Waals surface area contributed by atoms with E-state index < -0.39 is 0 Å². The molecule has 0 spiro atoms. The number of nitrogens with zero attached hydrogens (tertiary/aromatic N) is 1. The van der Waals surface area contributed by atoms with Gasteiger partial charge in [-0.1, -0.05) is 11.6 Å². The Morgan fingerprint density at radius 3 is 2.67 bits per heavy atom. The highest BCUT2D eigenvalue weighted by Crippen LogP contribution is 2.16. The standard InChI is InChI=1S/C17H19ClN2O4/c1-22-11-12-24-17-15(3-2-8-20-17)16(21)19-9-10-23-14-6-4-13(18)5-7-14/h2-8H,9-12H2,1H3,(H,19,21). The smallest absolute Gasteiger partial charge is 0.256 e. The van der Waals surface area contributed by atoms with Crippen molar-refractivity contribution >= 4 is 17.5 Å². The Labute approximate surface area is 145 Å². The molecule has 2 rings (SSSR count). The van der Waals surface area contributed by atoms with Gasteiger partial charge in [-0.25, -0.2) is 4.98 Å². The number of rotatable bonds is 9. The lowest BCUT2D eigenvalue weighted by atomic mass is 10.2. The third-order valence-electron chi connectivity index (χ3n) is 3.01. The number of methoxy groups -OCH3 is 1. The van der Waals surface area contributed by atoms with Gasteiger partial charge in [-0.05, 0) is 36.4 Å². The summed E-state index contributed by atoms with van der Waals surface area (Å²) >= 11 is 5.80. The van der Waals surface area contributed by atoms with Crippen LogP contribution in [0.3, 0.4) is 0 Å². The number of benzene rings is 1. The summed E-state index contributed by atoms with van der Waals surface area (Å²) in [6, 6.07) is 10.4. The molecule has 6 nitrogen and oxygen atoms in total. The van der Waals surface area contributed by atoms with Crippen molar-refractivity contribution in [1.29, 1.82) is 0 Å². The third kappa shape index (κ3) is 5.72. The van der Waals surface area contributed by atoms with Gasteiger partial charge in [0.15, 0.2) is 0 Å². The SMILES string of the molecule is COCCOc1ncccc1C(=O)NCCOc1ccc(Cl)cc1. The molecule has 1 amide bonds. The Bertz CT molecular complexity index is 649. The van der Waals surface area contributed by atoms with E-state index in [1.54, 1.807) is 49.7 Å². The molecule has 0 fully saturated rings. The Balaban J connectivity index is 1.80. The molecular weight excluding hydrogens is 332 g/mol. The fraction of sp³-hybridized carbons (Fsp3) is 0.294. The second kappa shape index (κ2) is 9.75. The van der Waals surface area contributed by atoms with E-state index >= 15 is 0 Å². The highest BCUT2D eigenvalue weighted by Gasteiger charge is 2.13. The number of hydrogen-bond donors (Lipinski definition) is 1. The summed E-state index contributed by atoms with van der Waals surface area (Å²) in [4.78, 5) is 16.3. The molecule has 1 heterocycles. The van der Waals surface area contributed by atoms with Crippen molar-refractivity contribution in [3.05, 3.63) is 53.2 Å². The summed E-state index contributed by atoms with van der Waals surface area (Å²) in [5.74, 6) is 0.708. The minimum Gasteiger partial charge on any atom is -0.492 e. The molecule has 0 aliphatic heterocycles. The number of carbonyl (C=O) groups excluding carboxylic acids is 1. The molecule has 0 aliphatic carbocycles. The summed E-state index contributed by atoms with van der Waals surface area (Å²) in [5.41, 5.74) is 0.375. The average molecular weight is 351 g/mol. The molecule has 1 aromatic carbocycles. The van der Waals surface area contributed by atoms with E-state index in [2.05, 4.69) is 10.3 Å². The molecule has 128 valence electrons. The summed E-state index contributed by atoms with van der Waals surface area (Å²) in [5, 5.41) is 3.42. The zero-order valence-corrected chi connectivity index (χ0v) is 14.1. The topological polar surface area (TPSA) is 69.7 Å². The van der Waals surface area contributed by atoms with Crippen LogP contribution in [0.4, 0.5) is 0 Å². The van der Waals surface area contributed by atoms with Gasteiger partial charge in [0.25, 0.3) is 5.91 Å². The van der Waals surface area contributed by atoms with Crippen molar-refractivity contribution in [3.8, 4) is 11.6 Å². The fourth-order valence-electron chi connectivity index (χ4n) is 1.86. The molecule has 1 aromatic heterocycles. The van der Waals surface area contributed by atoms with E-state index in [0.29, 0.717) is 42.7 Å². The van der Waals surface area contributed by atoms with Crippen molar-refractivity contribution < 1.29 is 19.0 Å². The van der Waals surface area contributed by atoms with Gasteiger partial charge in [-0.3, -0.25) is 4.79 Å². The molecule has 24 heavy (non-hydrogen) atoms. The molecule has 0 aliphatic rings. The predicted molar refractivity (Wildman–Crippen MR) is 90.9 cm³/mol. The summed E-state index contributed by atoms with van der Waals surface area (Å²) in [6.07, 6.45) is 1.57. The number of amides is 1. The van der Waals surface area contributed by atoms with Gasteiger partial charge in [0.1, 0.15) is 24.5 Å². The van der Waals surface area contributed by atoms with Gasteiger partial charge in [0, 0.05) is 18.3 Å². The molecule has 0 saturated heterocycles. The maximum absolute atomic E-state index is 12.2. The Morgan fingerprint density at radius 1 is 1.12 bits per heavy atom. The molecule has 0 radical (unpaired) electrons. The first kappa shape index (κ1) is 18.0. The maximum Gasteiger partial charge on any atom is 0.256 e. The Morgan fingerprint density at radius 2 is 1.92 bits per heavy atom. The van der Waals surface area contributed by atoms with Gasteiger partial charge in [-0.15, -0.1) is 0 Å². The predicted octanol–water partition coefficient (Wildman–Crippen LogP) is 2.57. The lowest BCUT2D eigenvalue weighted by Gasteiger charge is -2.11. The number of aromatic nitrogens is 1. The minimum atomic E-state index is -0.268. The lowest BCUT2D eigenvalue weighted by Crippen LogP contribution is -2.28. The average Bonchev–Trinajstić information content (AvgIpc) is 2.61. The second-order valence-electron chi connectivity index (χ2n) is 4.76. The third-order valence-corrected chi connectivity index (χ3v) is 3.26. The van der Waals surface area contributed by atoms with Crippen LogP contribution >= 0.6 is 11.6 Å². The Kier molecular flexibility index (Phi) is 7.32. The van der Waals surface area contributed by atoms with Gasteiger partial charge < -0.3 is 19.5 Å². The van der Waals surface area contributed by atoms with E-state index in [4.69, 9.17) is 25.8 Å². The monoisotopic (exact) mass is 350 g/mol. The number of pyridine rings is 1. The first-order valence-electron chi connectivity index (χ1n) is 7.44. The van der Waals surface area contributed by atoms with Gasteiger partial charge in [-0.2, -0.15) is 0 Å². The quantitative estimate of drug-likeness (QED) is 0.704. The van der Waals surface area contributed by atoms with Crippen LogP contribution in [0.25, 0.3) is 0 Å². The molecule has 0 unspecified atom stereocenters. The van der Waals surface area contributed by atoms with Crippen LogP contribution in [0.2, 0.25) is 5.02 Å². The van der Waals surface area contributed by atoms with E-state index in [9.17, 15) is 4.79 Å². The van der Waals surface area contributed by atoms with Crippen molar-refractivity contribution in [3.63, 3.8) is 0 Å². The maximum atomic E-state index is 12.2. The molecule has 0 bridgehead atoms. The van der Waals surface area contributed by atoms with Crippen LogP contribution in [-0.2, 0) is 4.74 Å². The second-order valence-corrected chi connectivity index (χ2v) is 5.19. The summed E-state index contributed by atoms with van der Waals surface area (Å²) in [7, 11) is 1.58. The lowest BCUT2D eigenvalue weighted by molar-refractivity contribution is 0.0937. The number of halogens is 1. The van der Waals surface area contributed by atoms with Gasteiger partial charge in [0.05, 0.1) is 13.2 Å². The van der Waals surface area contributed by atoms with Crippen LogP contribution in [0, 0.1) is 0 Å². The summed E-state index contributed by atoms with van der Waals surface area (Å²) in [6.45, 7) is 1.45. The highest BCUT2D eigenvalue weighted by atomic mass is 35.5. The normalized spacial score (nSPS) is 10.2. The molecule has 7 heteroatoms. The van der Waals surface area contributed by atoms with E-state index in [1.807, 2.05) is 0 Å². The molecular formula is C17H19ClN2O4. The van der Waals surface area contributed by atoms with Gasteiger partial charge in [0.2, 0.25) is 5.88 Å². The van der Waals surface area contributed by atoms with Crippen LogP contribution in [0.1, 0.15) is 10.4 Å². The van der Waals surface area contributed by atoms with Crippen molar-refractivity contribution in [2.75, 3.05) is 33.5 Å². The first-order chi connectivity index (χ1) is 11.7. The highest BCUT2D eigenvalue weighted by molar-refractivity contribution is 6.30. The number of nitrogens with one attached hydrogen (secondary N) is 1. The number of ether oxygens (including phenoxy) is 3. The fourth-order valence-corrected chi connectivity index (χ4v) is 1.99. The van der Waals surface area contributed by atoms with Crippen LogP contribution in [0.15, 0.2) is 42.6 Å². The summed E-state index contributed by atoms with van der Waals surface area (Å²) < 4.78 is 15.9. The van der Waals surface area contributed by atoms with Crippen LogP contribution in [-0.4, -0.2) is 44.4 Å². The van der Waals surface area contributed by atoms with Crippen molar-refractivity contribution in [1.82, 2.24) is 10.3 Å². The van der Waals surface area contributed by atoms with Crippen LogP contribution < -0.4 is 14.8 Å². The van der Waals surface area contributed by atoms with E-state index in [0.717, 1.165) is 0 Å². The Hall–Kier alpha value is -2.31. The first-order valence-corrected chi connectivity index (χ1v) is 7.82. The number of carbonyl (C=O) groups is 1. The van der Waals surface area contributed by atoms with Crippen LogP contribution in [0.5, 0.6) is 11.6 Å². The zero-order chi connectivity index (χ0) is 17.2.